The Bertz CT molecular complexity index is 584. The molecular weight excluding hydrogens is 316 g/mol. The maximum atomic E-state index is 6.24. The van der Waals surface area contributed by atoms with Crippen LogP contribution >= 0.6 is 27.5 Å². The van der Waals surface area contributed by atoms with Gasteiger partial charge in [0, 0.05) is 22.9 Å². The molecule has 0 saturated carbocycles. The Kier molecular flexibility index (Phi) is 3.41. The number of nitrogens with zero attached hydrogens (tertiary/aromatic N) is 2. The Morgan fingerprint density at radius 1 is 1.22 bits per heavy atom. The molecule has 0 N–H and O–H groups in total. The topological polar surface area (TPSA) is 25.4 Å². The first-order valence-corrected chi connectivity index (χ1v) is 6.99. The molecule has 1 aromatic heterocycles. The molecule has 1 aliphatic rings. The van der Waals surface area contributed by atoms with Gasteiger partial charge < -0.3 is 9.64 Å². The van der Waals surface area contributed by atoms with E-state index in [1.54, 1.807) is 0 Å². The van der Waals surface area contributed by atoms with Gasteiger partial charge in [0.25, 0.3) is 0 Å². The summed E-state index contributed by atoms with van der Waals surface area (Å²) in [5.74, 6) is 0.968. The van der Waals surface area contributed by atoms with E-state index >= 15 is 0 Å². The van der Waals surface area contributed by atoms with E-state index in [1.807, 2.05) is 18.2 Å². The zero-order valence-corrected chi connectivity index (χ0v) is 12.0. The van der Waals surface area contributed by atoms with Gasteiger partial charge in [-0.15, -0.1) is 0 Å². The van der Waals surface area contributed by atoms with Crippen molar-refractivity contribution < 1.29 is 4.74 Å². The molecule has 18 heavy (non-hydrogen) atoms. The van der Waals surface area contributed by atoms with E-state index in [4.69, 9.17) is 16.3 Å². The normalized spacial score (nSPS) is 16.2. The Labute approximate surface area is 119 Å². The molecule has 0 aliphatic carbocycles. The van der Waals surface area contributed by atoms with Crippen molar-refractivity contribution in [3.05, 3.63) is 33.8 Å². The predicted molar refractivity (Wildman–Crippen MR) is 77.5 cm³/mol. The number of pyridine rings is 1. The first kappa shape index (κ1) is 12.2. The molecule has 1 aromatic carbocycles. The van der Waals surface area contributed by atoms with Crippen LogP contribution < -0.4 is 4.90 Å². The molecule has 2 aromatic rings. The number of fused-ring (bicyclic) bond motifs is 1. The fraction of sp³-hybridized carbons (Fsp3) is 0.308. The van der Waals surface area contributed by atoms with Crippen molar-refractivity contribution in [1.82, 2.24) is 4.98 Å². The van der Waals surface area contributed by atoms with E-state index < -0.39 is 0 Å². The van der Waals surface area contributed by atoms with Crippen molar-refractivity contribution in [3.8, 4) is 0 Å². The number of hydrogen-bond donors (Lipinski definition) is 0. The van der Waals surface area contributed by atoms with Crippen molar-refractivity contribution in [1.29, 1.82) is 0 Å². The van der Waals surface area contributed by atoms with E-state index in [0.717, 1.165) is 47.5 Å². The zero-order valence-electron chi connectivity index (χ0n) is 9.70. The number of morpholine rings is 1. The Balaban J connectivity index is 2.04. The standard InChI is InChI=1S/C13H12BrClN2O/c14-10-7-9-1-2-12(16-13(9)11(15)8-10)17-3-5-18-6-4-17/h1-2,7-8H,3-6H2. The third kappa shape index (κ3) is 2.32. The summed E-state index contributed by atoms with van der Waals surface area (Å²) in [6.45, 7) is 3.28. The number of rotatable bonds is 1. The Morgan fingerprint density at radius 3 is 2.78 bits per heavy atom. The van der Waals surface area contributed by atoms with Crippen LogP contribution in [0.25, 0.3) is 10.9 Å². The number of halogens is 2. The molecule has 1 aliphatic heterocycles. The predicted octanol–water partition coefficient (Wildman–Crippen LogP) is 3.49. The lowest BCUT2D eigenvalue weighted by Gasteiger charge is -2.28. The summed E-state index contributed by atoms with van der Waals surface area (Å²) in [5.41, 5.74) is 0.851. The summed E-state index contributed by atoms with van der Waals surface area (Å²) in [5, 5.41) is 1.72. The molecule has 1 saturated heterocycles. The van der Waals surface area contributed by atoms with Crippen LogP contribution in [0.5, 0.6) is 0 Å². The quantitative estimate of drug-likeness (QED) is 0.802. The number of aromatic nitrogens is 1. The summed E-state index contributed by atoms with van der Waals surface area (Å²) in [4.78, 5) is 6.88. The summed E-state index contributed by atoms with van der Waals surface area (Å²) in [6, 6.07) is 8.00. The number of ether oxygens (including phenoxy) is 1. The zero-order chi connectivity index (χ0) is 12.5. The molecule has 0 amide bonds. The van der Waals surface area contributed by atoms with Crippen LogP contribution in [0.15, 0.2) is 28.7 Å². The second-order valence-corrected chi connectivity index (χ2v) is 5.55. The van der Waals surface area contributed by atoms with Crippen molar-refractivity contribution in [2.24, 2.45) is 0 Å². The summed E-state index contributed by atoms with van der Waals surface area (Å²) >= 11 is 9.68. The maximum absolute atomic E-state index is 6.24. The van der Waals surface area contributed by atoms with E-state index in [9.17, 15) is 0 Å². The molecule has 0 spiro atoms. The van der Waals surface area contributed by atoms with Gasteiger partial charge in [-0.2, -0.15) is 0 Å². The first-order valence-electron chi connectivity index (χ1n) is 5.82. The van der Waals surface area contributed by atoms with E-state index in [2.05, 4.69) is 31.9 Å². The van der Waals surface area contributed by atoms with Crippen LogP contribution in [0, 0.1) is 0 Å². The van der Waals surface area contributed by atoms with Gasteiger partial charge in [0.15, 0.2) is 0 Å². The second-order valence-electron chi connectivity index (χ2n) is 4.23. The molecule has 0 bridgehead atoms. The fourth-order valence-corrected chi connectivity index (χ4v) is 2.99. The third-order valence-electron chi connectivity index (χ3n) is 3.03. The lowest BCUT2D eigenvalue weighted by molar-refractivity contribution is 0.122. The number of benzene rings is 1. The lowest BCUT2D eigenvalue weighted by atomic mass is 10.2. The monoisotopic (exact) mass is 326 g/mol. The van der Waals surface area contributed by atoms with Gasteiger partial charge in [-0.25, -0.2) is 4.98 Å². The molecule has 5 heteroatoms. The van der Waals surface area contributed by atoms with Crippen LogP contribution in [0.3, 0.4) is 0 Å². The van der Waals surface area contributed by atoms with Crippen molar-refractivity contribution in [3.63, 3.8) is 0 Å². The van der Waals surface area contributed by atoms with Crippen LogP contribution in [-0.2, 0) is 4.74 Å². The minimum atomic E-state index is 0.675. The maximum Gasteiger partial charge on any atom is 0.129 e. The van der Waals surface area contributed by atoms with Gasteiger partial charge in [-0.1, -0.05) is 27.5 Å². The molecule has 3 nitrogen and oxygen atoms in total. The van der Waals surface area contributed by atoms with Gasteiger partial charge in [0.2, 0.25) is 0 Å². The lowest BCUT2D eigenvalue weighted by Crippen LogP contribution is -2.36. The third-order valence-corrected chi connectivity index (χ3v) is 3.78. The largest absolute Gasteiger partial charge is 0.378 e. The van der Waals surface area contributed by atoms with Crippen molar-refractivity contribution in [2.45, 2.75) is 0 Å². The minimum Gasteiger partial charge on any atom is -0.378 e. The van der Waals surface area contributed by atoms with Crippen LogP contribution in [0.2, 0.25) is 5.02 Å². The van der Waals surface area contributed by atoms with Crippen molar-refractivity contribution in [2.75, 3.05) is 31.2 Å². The molecule has 0 atom stereocenters. The minimum absolute atomic E-state index is 0.675. The molecular formula is C13H12BrClN2O. The van der Waals surface area contributed by atoms with Gasteiger partial charge in [-0.05, 0) is 24.3 Å². The van der Waals surface area contributed by atoms with E-state index in [0.29, 0.717) is 5.02 Å². The average Bonchev–Trinajstić information content (AvgIpc) is 2.39. The van der Waals surface area contributed by atoms with Gasteiger partial charge in [0.1, 0.15) is 5.82 Å². The highest BCUT2D eigenvalue weighted by Gasteiger charge is 2.13. The van der Waals surface area contributed by atoms with Gasteiger partial charge in [-0.3, -0.25) is 0 Å². The smallest absolute Gasteiger partial charge is 0.129 e. The molecule has 1 fully saturated rings. The fourth-order valence-electron chi connectivity index (χ4n) is 2.12. The highest BCUT2D eigenvalue weighted by Crippen LogP contribution is 2.28. The highest BCUT2D eigenvalue weighted by molar-refractivity contribution is 9.10. The van der Waals surface area contributed by atoms with Crippen LogP contribution in [0.1, 0.15) is 0 Å². The molecule has 0 radical (unpaired) electrons. The summed E-state index contributed by atoms with van der Waals surface area (Å²) < 4.78 is 6.32. The highest BCUT2D eigenvalue weighted by atomic mass is 79.9. The van der Waals surface area contributed by atoms with Crippen LogP contribution in [0.4, 0.5) is 5.82 Å². The SMILES string of the molecule is Clc1cc(Br)cc2ccc(N3CCOCC3)nc12. The molecule has 3 rings (SSSR count). The number of hydrogen-bond acceptors (Lipinski definition) is 3. The van der Waals surface area contributed by atoms with Crippen LogP contribution in [-0.4, -0.2) is 31.3 Å². The van der Waals surface area contributed by atoms with Crippen molar-refractivity contribution >= 4 is 44.3 Å². The molecule has 2 heterocycles. The molecule has 0 unspecified atom stereocenters. The van der Waals surface area contributed by atoms with Gasteiger partial charge >= 0.3 is 0 Å². The molecule has 94 valence electrons. The van der Waals surface area contributed by atoms with Gasteiger partial charge in [0.05, 0.1) is 23.8 Å². The first-order chi connectivity index (χ1) is 8.74. The summed E-state index contributed by atoms with van der Waals surface area (Å²) in [6.07, 6.45) is 0. The van der Waals surface area contributed by atoms with E-state index in [1.165, 1.54) is 0 Å². The average molecular weight is 328 g/mol. The Morgan fingerprint density at radius 2 is 2.00 bits per heavy atom. The Hall–Kier alpha value is -0.840. The second kappa shape index (κ2) is 5.03. The van der Waals surface area contributed by atoms with E-state index in [-0.39, 0.29) is 0 Å². The number of anilines is 1. The summed E-state index contributed by atoms with van der Waals surface area (Å²) in [7, 11) is 0.